The van der Waals surface area contributed by atoms with Crippen molar-refractivity contribution in [1.29, 1.82) is 0 Å². The number of hydrogen-bond acceptors (Lipinski definition) is 8. The van der Waals surface area contributed by atoms with Crippen LogP contribution in [-0.2, 0) is 32.7 Å². The van der Waals surface area contributed by atoms with Crippen LogP contribution in [0.1, 0.15) is 36.8 Å². The number of amidine groups is 1. The highest BCUT2D eigenvalue weighted by Gasteiger charge is 2.37. The Morgan fingerprint density at radius 1 is 1.03 bits per heavy atom. The van der Waals surface area contributed by atoms with Crippen LogP contribution in [0.25, 0.3) is 0 Å². The summed E-state index contributed by atoms with van der Waals surface area (Å²) in [5.41, 5.74) is 7.66. The number of nitrogens with one attached hydrogen (secondary N) is 1. The summed E-state index contributed by atoms with van der Waals surface area (Å²) in [7, 11) is -4.22. The SMILES string of the molecule is NC1=C(C(=O)OCc2ccccc2)S(=O)(=O)N=C1NCCCOc1cccc(CN2CCCCC2)c1. The van der Waals surface area contributed by atoms with Gasteiger partial charge < -0.3 is 20.5 Å². The molecule has 9 nitrogen and oxygen atoms in total. The van der Waals surface area contributed by atoms with Gasteiger partial charge in [-0.15, -0.1) is 4.40 Å². The van der Waals surface area contributed by atoms with Crippen LogP contribution >= 0.6 is 0 Å². The van der Waals surface area contributed by atoms with Crippen LogP contribution in [0.2, 0.25) is 0 Å². The summed E-state index contributed by atoms with van der Waals surface area (Å²) in [6, 6.07) is 17.0. The Kier molecular flexibility index (Phi) is 8.61. The van der Waals surface area contributed by atoms with E-state index < -0.39 is 20.9 Å². The highest BCUT2D eigenvalue weighted by Crippen LogP contribution is 2.22. The summed E-state index contributed by atoms with van der Waals surface area (Å²) < 4.78 is 39.4. The van der Waals surface area contributed by atoms with Gasteiger partial charge in [0.15, 0.2) is 5.84 Å². The molecule has 0 radical (unpaired) electrons. The first-order chi connectivity index (χ1) is 17.4. The zero-order chi connectivity index (χ0) is 25.4. The molecule has 2 heterocycles. The predicted octanol–water partition coefficient (Wildman–Crippen LogP) is 2.69. The van der Waals surface area contributed by atoms with Gasteiger partial charge in [-0.1, -0.05) is 48.9 Å². The van der Waals surface area contributed by atoms with Gasteiger partial charge in [-0.05, 0) is 55.6 Å². The van der Waals surface area contributed by atoms with Gasteiger partial charge in [0, 0.05) is 13.1 Å². The van der Waals surface area contributed by atoms with Crippen molar-refractivity contribution < 1.29 is 22.7 Å². The molecule has 2 aromatic carbocycles. The molecule has 0 bridgehead atoms. The molecule has 0 unspecified atom stereocenters. The van der Waals surface area contributed by atoms with E-state index in [1.54, 1.807) is 24.3 Å². The smallest absolute Gasteiger partial charge is 0.354 e. The summed E-state index contributed by atoms with van der Waals surface area (Å²) in [5, 5.41) is 2.89. The predicted molar refractivity (Wildman–Crippen MR) is 137 cm³/mol. The number of rotatable bonds is 10. The normalized spacial score (nSPS) is 17.5. The Morgan fingerprint density at radius 2 is 1.78 bits per heavy atom. The topological polar surface area (TPSA) is 123 Å². The second-order valence-electron chi connectivity index (χ2n) is 8.83. The lowest BCUT2D eigenvalue weighted by molar-refractivity contribution is -0.139. The van der Waals surface area contributed by atoms with E-state index in [0.717, 1.165) is 30.9 Å². The van der Waals surface area contributed by atoms with Crippen LogP contribution in [0.5, 0.6) is 5.75 Å². The summed E-state index contributed by atoms with van der Waals surface area (Å²) in [6.45, 7) is 3.94. The quantitative estimate of drug-likeness (QED) is 0.368. The number of carbonyl (C=O) groups excluding carboxylic acids is 1. The van der Waals surface area contributed by atoms with Gasteiger partial charge in [-0.2, -0.15) is 8.42 Å². The number of likely N-dealkylation sites (tertiary alicyclic amines) is 1. The van der Waals surface area contributed by atoms with Gasteiger partial charge in [0.05, 0.1) is 6.61 Å². The van der Waals surface area contributed by atoms with E-state index in [4.69, 9.17) is 15.2 Å². The lowest BCUT2D eigenvalue weighted by Gasteiger charge is -2.26. The number of benzene rings is 2. The molecule has 192 valence electrons. The molecule has 2 aliphatic rings. The third kappa shape index (κ3) is 6.86. The van der Waals surface area contributed by atoms with Crippen LogP contribution in [-0.4, -0.2) is 51.4 Å². The molecule has 1 saturated heterocycles. The lowest BCUT2D eigenvalue weighted by Crippen LogP contribution is -2.30. The van der Waals surface area contributed by atoms with Gasteiger partial charge in [0.2, 0.25) is 4.91 Å². The maximum atomic E-state index is 12.4. The molecule has 2 aromatic rings. The Balaban J connectivity index is 1.23. The molecular weight excluding hydrogens is 480 g/mol. The van der Waals surface area contributed by atoms with Crippen LogP contribution in [0.3, 0.4) is 0 Å². The summed E-state index contributed by atoms with van der Waals surface area (Å²) in [4.78, 5) is 14.2. The van der Waals surface area contributed by atoms with Gasteiger partial charge in [0.25, 0.3) is 10.0 Å². The van der Waals surface area contributed by atoms with Gasteiger partial charge in [0.1, 0.15) is 18.1 Å². The average Bonchev–Trinajstić information content (AvgIpc) is 3.11. The summed E-state index contributed by atoms with van der Waals surface area (Å²) >= 11 is 0. The van der Waals surface area contributed by atoms with E-state index in [0.29, 0.717) is 19.6 Å². The maximum absolute atomic E-state index is 12.4. The number of piperidine rings is 1. The molecule has 10 heteroatoms. The zero-order valence-corrected chi connectivity index (χ0v) is 21.0. The number of nitrogens with two attached hydrogens (primary N) is 1. The molecule has 1 fully saturated rings. The molecule has 0 spiro atoms. The number of hydrogen-bond donors (Lipinski definition) is 2. The van der Waals surface area contributed by atoms with E-state index in [2.05, 4.69) is 26.7 Å². The van der Waals surface area contributed by atoms with Crippen molar-refractivity contribution in [3.63, 3.8) is 0 Å². The first-order valence-corrected chi connectivity index (χ1v) is 13.6. The molecule has 36 heavy (non-hydrogen) atoms. The second kappa shape index (κ2) is 12.0. The molecule has 0 amide bonds. The zero-order valence-electron chi connectivity index (χ0n) is 20.2. The van der Waals surface area contributed by atoms with Gasteiger partial charge >= 0.3 is 5.97 Å². The van der Waals surface area contributed by atoms with Crippen molar-refractivity contribution in [2.24, 2.45) is 10.1 Å². The fourth-order valence-corrected chi connectivity index (χ4v) is 5.31. The standard InChI is InChI=1S/C26H32N4O5S/c27-23-24(26(31)35-19-20-9-3-1-4-10-20)36(32,33)29-25(23)28-13-8-16-34-22-12-7-11-21(17-22)18-30-14-5-2-6-15-30/h1,3-4,7,9-12,17H,2,5-6,8,13-16,18-19,27H2,(H,28,29). The number of ether oxygens (including phenoxy) is 2. The minimum absolute atomic E-state index is 0.0507. The molecule has 0 atom stereocenters. The fraction of sp³-hybridized carbons (Fsp3) is 0.385. The molecule has 0 saturated carbocycles. The molecule has 0 aromatic heterocycles. The van der Waals surface area contributed by atoms with Crippen molar-refractivity contribution in [3.05, 3.63) is 76.3 Å². The Hall–Kier alpha value is -3.37. The molecule has 0 aliphatic carbocycles. The third-order valence-electron chi connectivity index (χ3n) is 6.00. The molecule has 3 N–H and O–H groups in total. The highest BCUT2D eigenvalue weighted by molar-refractivity contribution is 7.95. The molecular formula is C26H32N4O5S. The number of sulfonamides is 1. The Labute approximate surface area is 212 Å². The largest absolute Gasteiger partial charge is 0.494 e. The maximum Gasteiger partial charge on any atom is 0.354 e. The van der Waals surface area contributed by atoms with Crippen molar-refractivity contribution in [2.45, 2.75) is 38.8 Å². The lowest BCUT2D eigenvalue weighted by atomic mass is 10.1. The number of nitrogens with zero attached hydrogens (tertiary/aromatic N) is 2. The van der Waals surface area contributed by atoms with E-state index >= 15 is 0 Å². The minimum Gasteiger partial charge on any atom is -0.494 e. The average molecular weight is 513 g/mol. The van der Waals surface area contributed by atoms with Crippen LogP contribution in [0.4, 0.5) is 0 Å². The Morgan fingerprint density at radius 3 is 2.56 bits per heavy atom. The van der Waals surface area contributed by atoms with Crippen LogP contribution in [0, 0.1) is 0 Å². The molecule has 2 aliphatic heterocycles. The van der Waals surface area contributed by atoms with E-state index in [-0.39, 0.29) is 18.1 Å². The third-order valence-corrected chi connectivity index (χ3v) is 7.33. The van der Waals surface area contributed by atoms with Gasteiger partial charge in [-0.3, -0.25) is 4.90 Å². The minimum atomic E-state index is -4.22. The first-order valence-electron chi connectivity index (χ1n) is 12.2. The monoisotopic (exact) mass is 512 g/mol. The van der Waals surface area contributed by atoms with Crippen molar-refractivity contribution >= 4 is 21.8 Å². The molecule has 4 rings (SSSR count). The number of carbonyl (C=O) groups is 1. The van der Waals surface area contributed by atoms with Crippen LogP contribution < -0.4 is 15.8 Å². The summed E-state index contributed by atoms with van der Waals surface area (Å²) in [6.07, 6.45) is 4.40. The highest BCUT2D eigenvalue weighted by atomic mass is 32.2. The first kappa shape index (κ1) is 25.7. The summed E-state index contributed by atoms with van der Waals surface area (Å²) in [5.74, 6) is -0.275. The second-order valence-corrected chi connectivity index (χ2v) is 10.4. The fourth-order valence-electron chi connectivity index (χ4n) is 4.17. The van der Waals surface area contributed by atoms with Crippen molar-refractivity contribution in [2.75, 3.05) is 26.2 Å². The van der Waals surface area contributed by atoms with E-state index in [1.165, 1.54) is 24.8 Å². The van der Waals surface area contributed by atoms with Crippen molar-refractivity contribution in [1.82, 2.24) is 10.2 Å². The van der Waals surface area contributed by atoms with E-state index in [9.17, 15) is 13.2 Å². The van der Waals surface area contributed by atoms with E-state index in [1.807, 2.05) is 18.2 Å². The number of esters is 1. The van der Waals surface area contributed by atoms with Crippen LogP contribution in [0.15, 0.2) is 69.6 Å². The van der Waals surface area contributed by atoms with Crippen molar-refractivity contribution in [3.8, 4) is 5.75 Å². The Bertz CT molecular complexity index is 1220. The van der Waals surface area contributed by atoms with Gasteiger partial charge in [-0.25, -0.2) is 4.79 Å².